The maximum Gasteiger partial charge on any atom is 0.0312 e. The van der Waals surface area contributed by atoms with E-state index in [4.69, 9.17) is 0 Å². The van der Waals surface area contributed by atoms with Crippen LogP contribution < -0.4 is 0 Å². The summed E-state index contributed by atoms with van der Waals surface area (Å²) in [6.45, 7) is 1.81. The Morgan fingerprint density at radius 3 is 2.17 bits per heavy atom. The second kappa shape index (κ2) is 11.1. The van der Waals surface area contributed by atoms with Crippen LogP contribution >= 0.6 is 11.8 Å². The van der Waals surface area contributed by atoms with Crippen molar-refractivity contribution in [1.82, 2.24) is 14.9 Å². The highest BCUT2D eigenvalue weighted by atomic mass is 32.2. The van der Waals surface area contributed by atoms with Gasteiger partial charge in [0.15, 0.2) is 0 Å². The zero-order valence-electron chi connectivity index (χ0n) is 17.4. The highest BCUT2D eigenvalue weighted by Crippen LogP contribution is 2.28. The van der Waals surface area contributed by atoms with E-state index in [1.54, 1.807) is 5.57 Å². The predicted molar refractivity (Wildman–Crippen MR) is 125 cm³/mol. The molecule has 2 aromatic heterocycles. The lowest BCUT2D eigenvalue weighted by Crippen LogP contribution is -2.33. The van der Waals surface area contributed by atoms with E-state index in [9.17, 15) is 0 Å². The second-order valence-corrected chi connectivity index (χ2v) is 8.92. The molecule has 0 saturated carbocycles. The normalized spacial score (nSPS) is 16.8. The third-order valence-electron chi connectivity index (χ3n) is 5.53. The van der Waals surface area contributed by atoms with Gasteiger partial charge in [0.05, 0.1) is 0 Å². The Labute approximate surface area is 184 Å². The predicted octanol–water partition coefficient (Wildman–Crippen LogP) is 6.14. The van der Waals surface area contributed by atoms with E-state index in [-0.39, 0.29) is 0 Å². The Hall–Kier alpha value is -2.43. The van der Waals surface area contributed by atoms with Crippen LogP contribution in [0.15, 0.2) is 95.9 Å². The summed E-state index contributed by atoms with van der Waals surface area (Å²) in [7, 11) is 0. The first-order valence-electron chi connectivity index (χ1n) is 10.8. The van der Waals surface area contributed by atoms with Crippen LogP contribution in [-0.4, -0.2) is 26.7 Å². The number of benzene rings is 1. The zero-order chi connectivity index (χ0) is 20.4. The summed E-state index contributed by atoms with van der Waals surface area (Å²) < 4.78 is 0. The van der Waals surface area contributed by atoms with Crippen LogP contribution in [0.25, 0.3) is 0 Å². The smallest absolute Gasteiger partial charge is 0.0312 e. The summed E-state index contributed by atoms with van der Waals surface area (Å²) in [6.07, 6.45) is 15.2. The molecule has 2 heterocycles. The molecule has 0 aliphatic heterocycles. The Balaban J connectivity index is 1.52. The van der Waals surface area contributed by atoms with Crippen LogP contribution in [0.4, 0.5) is 0 Å². The lowest BCUT2D eigenvalue weighted by molar-refractivity contribution is 0.200. The van der Waals surface area contributed by atoms with Crippen molar-refractivity contribution in [2.45, 2.75) is 49.7 Å². The first-order valence-corrected chi connectivity index (χ1v) is 11.7. The van der Waals surface area contributed by atoms with E-state index >= 15 is 0 Å². The number of hydrogen-bond donors (Lipinski definition) is 0. The molecular formula is C26H29N3S. The number of aromatic nitrogens is 2. The van der Waals surface area contributed by atoms with E-state index in [2.05, 4.69) is 63.4 Å². The van der Waals surface area contributed by atoms with Crippen LogP contribution in [0.2, 0.25) is 0 Å². The van der Waals surface area contributed by atoms with Crippen molar-refractivity contribution in [2.75, 3.05) is 5.75 Å². The fourth-order valence-electron chi connectivity index (χ4n) is 3.99. The number of hydrogen-bond acceptors (Lipinski definition) is 4. The maximum atomic E-state index is 4.33. The van der Waals surface area contributed by atoms with Gasteiger partial charge in [-0.15, -0.1) is 11.8 Å². The van der Waals surface area contributed by atoms with Gasteiger partial charge in [0.2, 0.25) is 0 Å². The van der Waals surface area contributed by atoms with Crippen LogP contribution in [-0.2, 0) is 13.1 Å². The molecule has 30 heavy (non-hydrogen) atoms. The molecular weight excluding hydrogens is 386 g/mol. The Morgan fingerprint density at radius 2 is 1.53 bits per heavy atom. The van der Waals surface area contributed by atoms with Gasteiger partial charge in [-0.25, -0.2) is 0 Å². The van der Waals surface area contributed by atoms with E-state index in [1.807, 2.05) is 48.7 Å². The Bertz CT molecular complexity index is 871. The van der Waals surface area contributed by atoms with Crippen molar-refractivity contribution >= 4 is 11.8 Å². The monoisotopic (exact) mass is 415 g/mol. The molecule has 0 bridgehead atoms. The molecule has 3 aromatic rings. The molecule has 0 spiro atoms. The van der Waals surface area contributed by atoms with Gasteiger partial charge in [0, 0.05) is 54.6 Å². The highest BCUT2D eigenvalue weighted by molar-refractivity contribution is 7.99. The van der Waals surface area contributed by atoms with Crippen molar-refractivity contribution in [2.24, 2.45) is 0 Å². The summed E-state index contributed by atoms with van der Waals surface area (Å²) in [5.74, 6) is 1.08. The van der Waals surface area contributed by atoms with Crippen LogP contribution in [0.5, 0.6) is 0 Å². The van der Waals surface area contributed by atoms with Gasteiger partial charge in [0.1, 0.15) is 0 Å². The third-order valence-corrected chi connectivity index (χ3v) is 6.65. The number of rotatable bonds is 8. The largest absolute Gasteiger partial charge is 0.288 e. The molecule has 4 heteroatoms. The summed E-state index contributed by atoms with van der Waals surface area (Å²) in [5, 5.41) is 0. The molecule has 3 nitrogen and oxygen atoms in total. The van der Waals surface area contributed by atoms with Crippen molar-refractivity contribution < 1.29 is 0 Å². The van der Waals surface area contributed by atoms with Gasteiger partial charge >= 0.3 is 0 Å². The lowest BCUT2D eigenvalue weighted by Gasteiger charge is -2.30. The number of pyridine rings is 2. The van der Waals surface area contributed by atoms with Gasteiger partial charge in [-0.1, -0.05) is 48.4 Å². The fourth-order valence-corrected chi connectivity index (χ4v) is 4.93. The van der Waals surface area contributed by atoms with Crippen molar-refractivity contribution in [3.05, 3.63) is 102 Å². The topological polar surface area (TPSA) is 29.0 Å². The minimum Gasteiger partial charge on any atom is -0.288 e. The Kier molecular flexibility index (Phi) is 7.70. The summed E-state index contributed by atoms with van der Waals surface area (Å²) in [4.78, 5) is 12.6. The molecule has 0 saturated heterocycles. The Morgan fingerprint density at radius 1 is 0.833 bits per heavy atom. The quantitative estimate of drug-likeness (QED) is 0.326. The second-order valence-electron chi connectivity index (χ2n) is 7.87. The zero-order valence-corrected chi connectivity index (χ0v) is 18.2. The lowest BCUT2D eigenvalue weighted by atomic mass is 10.1. The molecule has 154 valence electrons. The minimum atomic E-state index is 0.444. The molecule has 1 aliphatic rings. The number of thioether (sulfide) groups is 1. The van der Waals surface area contributed by atoms with Crippen LogP contribution in [0.1, 0.15) is 36.8 Å². The summed E-state index contributed by atoms with van der Waals surface area (Å²) in [6, 6.07) is 19.6. The first-order chi connectivity index (χ1) is 14.9. The van der Waals surface area contributed by atoms with Gasteiger partial charge < -0.3 is 0 Å². The molecule has 0 N–H and O–H groups in total. The molecule has 0 fully saturated rings. The molecule has 1 unspecified atom stereocenters. The molecule has 0 radical (unpaired) electrons. The third kappa shape index (κ3) is 6.28. The average molecular weight is 416 g/mol. The van der Waals surface area contributed by atoms with Crippen molar-refractivity contribution in [3.8, 4) is 0 Å². The van der Waals surface area contributed by atoms with Crippen molar-refractivity contribution in [3.63, 3.8) is 0 Å². The van der Waals surface area contributed by atoms with E-state index in [0.29, 0.717) is 6.04 Å². The average Bonchev–Trinajstić information content (AvgIpc) is 3.05. The van der Waals surface area contributed by atoms with Gasteiger partial charge in [-0.3, -0.25) is 14.9 Å². The first kappa shape index (κ1) is 20.8. The molecule has 1 atom stereocenters. The SMILES string of the molecule is C1=C(CSc2ccccc2)CCCCC1N(Cc1cccnc1)Cc1cccnc1. The van der Waals surface area contributed by atoms with Gasteiger partial charge in [0.25, 0.3) is 0 Å². The summed E-state index contributed by atoms with van der Waals surface area (Å²) >= 11 is 1.95. The standard InChI is InChI=1S/C26H29N3S/c1-2-12-26(13-3-1)30-21-22-8-4-5-11-25(16-22)29(19-23-9-6-14-27-17-23)20-24-10-7-15-28-18-24/h1-3,6-7,9-10,12-18,25H,4-5,8,11,19-21H2. The van der Waals surface area contributed by atoms with Gasteiger partial charge in [-0.05, 0) is 54.7 Å². The van der Waals surface area contributed by atoms with E-state index in [0.717, 1.165) is 18.8 Å². The van der Waals surface area contributed by atoms with E-state index in [1.165, 1.54) is 41.7 Å². The highest BCUT2D eigenvalue weighted by Gasteiger charge is 2.20. The number of nitrogens with zero attached hydrogens (tertiary/aromatic N) is 3. The van der Waals surface area contributed by atoms with E-state index < -0.39 is 0 Å². The van der Waals surface area contributed by atoms with Gasteiger partial charge in [-0.2, -0.15) is 0 Å². The maximum absolute atomic E-state index is 4.33. The van der Waals surface area contributed by atoms with Crippen LogP contribution in [0, 0.1) is 0 Å². The summed E-state index contributed by atoms with van der Waals surface area (Å²) in [5.41, 5.74) is 4.10. The van der Waals surface area contributed by atoms with Crippen LogP contribution in [0.3, 0.4) is 0 Å². The molecule has 1 aliphatic carbocycles. The molecule has 4 rings (SSSR count). The molecule has 0 amide bonds. The van der Waals surface area contributed by atoms with Crippen molar-refractivity contribution in [1.29, 1.82) is 0 Å². The fraction of sp³-hybridized carbons (Fsp3) is 0.308. The molecule has 1 aromatic carbocycles. The minimum absolute atomic E-state index is 0.444.